The Morgan fingerprint density at radius 3 is 2.94 bits per heavy atom. The van der Waals surface area contributed by atoms with Gasteiger partial charge in [-0.2, -0.15) is 0 Å². The van der Waals surface area contributed by atoms with E-state index in [1.54, 1.807) is 6.20 Å². The lowest BCUT2D eigenvalue weighted by molar-refractivity contribution is 0.229. The number of pyridine rings is 1. The summed E-state index contributed by atoms with van der Waals surface area (Å²) in [7, 11) is 0. The monoisotopic (exact) mass is 223 g/mol. The van der Waals surface area contributed by atoms with Gasteiger partial charge < -0.3 is 16.2 Å². The minimum atomic E-state index is 0.260. The van der Waals surface area contributed by atoms with Gasteiger partial charge in [0.2, 0.25) is 0 Å². The van der Waals surface area contributed by atoms with Crippen molar-refractivity contribution >= 4 is 11.5 Å². The Labute approximate surface area is 96.9 Å². The number of aromatic nitrogens is 1. The zero-order valence-corrected chi connectivity index (χ0v) is 10.0. The minimum absolute atomic E-state index is 0.260. The van der Waals surface area contributed by atoms with Gasteiger partial charge in [0.05, 0.1) is 0 Å². The lowest BCUT2D eigenvalue weighted by Crippen LogP contribution is -2.07. The molecule has 0 aromatic carbocycles. The molecule has 0 bridgehead atoms. The van der Waals surface area contributed by atoms with Crippen molar-refractivity contribution in [1.82, 2.24) is 4.98 Å². The number of nitrogens with zero attached hydrogens (tertiary/aromatic N) is 1. The summed E-state index contributed by atoms with van der Waals surface area (Å²) in [5, 5.41) is 12.1. The molecule has 4 heteroatoms. The van der Waals surface area contributed by atoms with Gasteiger partial charge in [0.25, 0.3) is 0 Å². The standard InChI is InChI=1S/C12H21N3O/c1-9(8-16)4-3-5-14-12-6-11(13)10(2)7-15-12/h6-7,9,16H,3-5,8H2,1-2H3,(H3,13,14,15). The number of hydrogen-bond donors (Lipinski definition) is 3. The molecule has 0 saturated heterocycles. The maximum Gasteiger partial charge on any atom is 0.127 e. The van der Waals surface area contributed by atoms with Gasteiger partial charge in [-0.1, -0.05) is 6.92 Å². The summed E-state index contributed by atoms with van der Waals surface area (Å²) in [5.74, 6) is 1.19. The average molecular weight is 223 g/mol. The molecule has 0 fully saturated rings. The van der Waals surface area contributed by atoms with Crippen LogP contribution in [0.25, 0.3) is 0 Å². The molecule has 1 unspecified atom stereocenters. The van der Waals surface area contributed by atoms with Crippen molar-refractivity contribution in [3.63, 3.8) is 0 Å². The van der Waals surface area contributed by atoms with Crippen LogP contribution in [-0.4, -0.2) is 23.2 Å². The quantitative estimate of drug-likeness (QED) is 0.643. The van der Waals surface area contributed by atoms with Crippen LogP contribution in [-0.2, 0) is 0 Å². The average Bonchev–Trinajstić information content (AvgIpc) is 2.28. The summed E-state index contributed by atoms with van der Waals surface area (Å²) in [4.78, 5) is 4.24. The molecule has 0 aliphatic carbocycles. The maximum absolute atomic E-state index is 8.87. The topological polar surface area (TPSA) is 71.2 Å². The highest BCUT2D eigenvalue weighted by atomic mass is 16.3. The van der Waals surface area contributed by atoms with Gasteiger partial charge >= 0.3 is 0 Å². The Hall–Kier alpha value is -1.29. The van der Waals surface area contributed by atoms with E-state index in [0.29, 0.717) is 5.92 Å². The van der Waals surface area contributed by atoms with Crippen molar-refractivity contribution in [2.75, 3.05) is 24.2 Å². The second-order valence-electron chi connectivity index (χ2n) is 4.28. The highest BCUT2D eigenvalue weighted by molar-refractivity contribution is 5.53. The van der Waals surface area contributed by atoms with Crippen molar-refractivity contribution in [2.45, 2.75) is 26.7 Å². The molecule has 0 aliphatic heterocycles. The molecule has 0 amide bonds. The number of aryl methyl sites for hydroxylation is 1. The first-order valence-corrected chi connectivity index (χ1v) is 5.70. The van der Waals surface area contributed by atoms with E-state index in [2.05, 4.69) is 10.3 Å². The Kier molecular flexibility index (Phi) is 5.05. The Balaban J connectivity index is 2.29. The summed E-state index contributed by atoms with van der Waals surface area (Å²) in [5.41, 5.74) is 7.55. The van der Waals surface area contributed by atoms with Crippen molar-refractivity contribution in [3.8, 4) is 0 Å². The molecule has 4 nitrogen and oxygen atoms in total. The first-order chi connectivity index (χ1) is 7.63. The fourth-order valence-corrected chi connectivity index (χ4v) is 1.39. The van der Waals surface area contributed by atoms with E-state index in [-0.39, 0.29) is 6.61 Å². The molecule has 0 saturated carbocycles. The molecule has 4 N–H and O–H groups in total. The summed E-state index contributed by atoms with van der Waals surface area (Å²) in [6.07, 6.45) is 3.82. The maximum atomic E-state index is 8.87. The normalized spacial score (nSPS) is 12.4. The second-order valence-corrected chi connectivity index (χ2v) is 4.28. The Morgan fingerprint density at radius 1 is 1.56 bits per heavy atom. The van der Waals surface area contributed by atoms with E-state index in [1.807, 2.05) is 19.9 Å². The lowest BCUT2D eigenvalue weighted by Gasteiger charge is -2.09. The van der Waals surface area contributed by atoms with Crippen LogP contribution in [0.2, 0.25) is 0 Å². The van der Waals surface area contributed by atoms with Gasteiger partial charge in [-0.3, -0.25) is 0 Å². The van der Waals surface area contributed by atoms with Crippen LogP contribution in [0.1, 0.15) is 25.3 Å². The second kappa shape index (κ2) is 6.33. The largest absolute Gasteiger partial charge is 0.398 e. The molecule has 1 aromatic heterocycles. The molecule has 90 valence electrons. The number of nitrogens with two attached hydrogens (primary N) is 1. The highest BCUT2D eigenvalue weighted by Gasteiger charge is 2.00. The van der Waals surface area contributed by atoms with Crippen LogP contribution in [0.3, 0.4) is 0 Å². The van der Waals surface area contributed by atoms with E-state index in [9.17, 15) is 0 Å². The van der Waals surface area contributed by atoms with Crippen molar-refractivity contribution in [2.24, 2.45) is 5.92 Å². The van der Waals surface area contributed by atoms with E-state index in [0.717, 1.165) is 36.5 Å². The van der Waals surface area contributed by atoms with Crippen LogP contribution in [0.4, 0.5) is 11.5 Å². The number of hydrogen-bond acceptors (Lipinski definition) is 4. The molecule has 1 aromatic rings. The molecule has 0 spiro atoms. The molecular formula is C12H21N3O. The SMILES string of the molecule is Cc1cnc(NCCCC(C)CO)cc1N. The molecular weight excluding hydrogens is 202 g/mol. The number of nitrogens with one attached hydrogen (secondary N) is 1. The van der Waals surface area contributed by atoms with Crippen molar-refractivity contribution in [3.05, 3.63) is 17.8 Å². The van der Waals surface area contributed by atoms with Gasteiger partial charge in [-0.05, 0) is 31.2 Å². The predicted molar refractivity (Wildman–Crippen MR) is 67.4 cm³/mol. The van der Waals surface area contributed by atoms with Crippen LogP contribution in [0.5, 0.6) is 0 Å². The molecule has 0 radical (unpaired) electrons. The summed E-state index contributed by atoms with van der Waals surface area (Å²) in [6.45, 7) is 5.10. The van der Waals surface area contributed by atoms with Gasteiger partial charge in [0.1, 0.15) is 5.82 Å². The molecule has 1 atom stereocenters. The summed E-state index contributed by atoms with van der Waals surface area (Å²) >= 11 is 0. The third kappa shape index (κ3) is 4.06. The van der Waals surface area contributed by atoms with Gasteiger partial charge in [-0.15, -0.1) is 0 Å². The number of aliphatic hydroxyl groups excluding tert-OH is 1. The van der Waals surface area contributed by atoms with E-state index >= 15 is 0 Å². The fraction of sp³-hybridized carbons (Fsp3) is 0.583. The Bertz CT molecular complexity index is 328. The number of anilines is 2. The number of rotatable bonds is 6. The minimum Gasteiger partial charge on any atom is -0.398 e. The summed E-state index contributed by atoms with van der Waals surface area (Å²) in [6, 6.07) is 1.85. The zero-order valence-electron chi connectivity index (χ0n) is 10.0. The Morgan fingerprint density at radius 2 is 2.31 bits per heavy atom. The predicted octanol–water partition coefficient (Wildman–Crippen LogP) is 1.79. The van der Waals surface area contributed by atoms with Gasteiger partial charge in [-0.25, -0.2) is 4.98 Å². The van der Waals surface area contributed by atoms with Crippen LogP contribution in [0, 0.1) is 12.8 Å². The first-order valence-electron chi connectivity index (χ1n) is 5.70. The van der Waals surface area contributed by atoms with Crippen LogP contribution < -0.4 is 11.1 Å². The van der Waals surface area contributed by atoms with Crippen molar-refractivity contribution in [1.29, 1.82) is 0 Å². The van der Waals surface area contributed by atoms with Gasteiger partial charge in [0, 0.05) is 31.1 Å². The van der Waals surface area contributed by atoms with Gasteiger partial charge in [0.15, 0.2) is 0 Å². The highest BCUT2D eigenvalue weighted by Crippen LogP contribution is 2.13. The summed E-state index contributed by atoms with van der Waals surface area (Å²) < 4.78 is 0. The van der Waals surface area contributed by atoms with E-state index in [4.69, 9.17) is 10.8 Å². The smallest absolute Gasteiger partial charge is 0.127 e. The zero-order chi connectivity index (χ0) is 12.0. The molecule has 16 heavy (non-hydrogen) atoms. The lowest BCUT2D eigenvalue weighted by atomic mass is 10.1. The third-order valence-electron chi connectivity index (χ3n) is 2.64. The number of nitrogen functional groups attached to an aromatic ring is 1. The third-order valence-corrected chi connectivity index (χ3v) is 2.64. The van der Waals surface area contributed by atoms with Crippen LogP contribution >= 0.6 is 0 Å². The fourth-order valence-electron chi connectivity index (χ4n) is 1.39. The van der Waals surface area contributed by atoms with E-state index < -0.39 is 0 Å². The molecule has 1 rings (SSSR count). The first kappa shape index (κ1) is 12.8. The number of aliphatic hydroxyl groups is 1. The van der Waals surface area contributed by atoms with Crippen LogP contribution in [0.15, 0.2) is 12.3 Å². The van der Waals surface area contributed by atoms with E-state index in [1.165, 1.54) is 0 Å². The molecule has 0 aliphatic rings. The molecule has 1 heterocycles. The van der Waals surface area contributed by atoms with Crippen molar-refractivity contribution < 1.29 is 5.11 Å².